The fourth-order valence-electron chi connectivity index (χ4n) is 1.71. The Labute approximate surface area is 77.0 Å². The first-order valence-electron chi connectivity index (χ1n) is 4.15. The molecule has 1 aliphatic rings. The topological polar surface area (TPSA) is 0 Å². The second-order valence-electron chi connectivity index (χ2n) is 3.13. The third-order valence-corrected chi connectivity index (χ3v) is 3.22. The molecule has 2 rings (SSSR count). The van der Waals surface area contributed by atoms with Gasteiger partial charge in [0.05, 0.1) is 0 Å². The molecule has 0 aliphatic heterocycles. The summed E-state index contributed by atoms with van der Waals surface area (Å²) in [5, 5.41) is 2.89. The molecule has 12 heavy (non-hydrogen) atoms. The van der Waals surface area contributed by atoms with Crippen molar-refractivity contribution in [1.29, 1.82) is 0 Å². The summed E-state index contributed by atoms with van der Waals surface area (Å²) in [5.41, 5.74) is 1.51. The van der Waals surface area contributed by atoms with Gasteiger partial charge in [0.15, 0.2) is 0 Å². The Morgan fingerprint density at radius 3 is 2.50 bits per heavy atom. The van der Waals surface area contributed by atoms with Crippen molar-refractivity contribution in [2.24, 2.45) is 0 Å². The van der Waals surface area contributed by atoms with Crippen LogP contribution in [-0.4, -0.2) is 6.26 Å². The minimum Gasteiger partial charge on any atom is -0.133 e. The Balaban J connectivity index is 2.84. The first-order chi connectivity index (χ1) is 5.83. The number of thioether (sulfide) groups is 1. The highest BCUT2D eigenvalue weighted by molar-refractivity contribution is 8.07. The third kappa shape index (κ3) is 1.09. The summed E-state index contributed by atoms with van der Waals surface area (Å²) < 4.78 is 0. The zero-order valence-electron chi connectivity index (χ0n) is 7.42. The lowest BCUT2D eigenvalue weighted by molar-refractivity contribution is 1.45. The van der Waals surface area contributed by atoms with Gasteiger partial charge in [-0.25, -0.2) is 0 Å². The summed E-state index contributed by atoms with van der Waals surface area (Å²) in [7, 11) is 0. The van der Waals surface area contributed by atoms with E-state index in [1.165, 1.54) is 20.9 Å². The Morgan fingerprint density at radius 2 is 1.83 bits per heavy atom. The fraction of sp³-hybridized carbons (Fsp3) is 0.273. The number of hydrogen-bond acceptors (Lipinski definition) is 1. The van der Waals surface area contributed by atoms with Crippen molar-refractivity contribution >= 4 is 22.2 Å². The molecule has 0 N–H and O–H groups in total. The van der Waals surface area contributed by atoms with Crippen LogP contribution in [0.3, 0.4) is 0 Å². The first kappa shape index (κ1) is 7.93. The molecule has 0 aromatic heterocycles. The molecule has 0 spiro atoms. The number of fused-ring (bicyclic) bond motifs is 1. The van der Waals surface area contributed by atoms with Crippen LogP contribution >= 0.6 is 11.8 Å². The van der Waals surface area contributed by atoms with E-state index in [2.05, 4.69) is 37.4 Å². The Bertz CT molecular complexity index is 415. The van der Waals surface area contributed by atoms with Crippen LogP contribution < -0.4 is 10.4 Å². The molecule has 1 aliphatic carbocycles. The van der Waals surface area contributed by atoms with Gasteiger partial charge < -0.3 is 0 Å². The van der Waals surface area contributed by atoms with Gasteiger partial charge in [0.1, 0.15) is 0 Å². The van der Waals surface area contributed by atoms with Crippen LogP contribution in [0, 0.1) is 0 Å². The molecule has 0 bridgehead atoms. The quantitative estimate of drug-likeness (QED) is 0.628. The number of rotatable bonds is 1. The average Bonchev–Trinajstić information content (AvgIpc) is 2.44. The Kier molecular flexibility index (Phi) is 1.97. The van der Waals surface area contributed by atoms with Gasteiger partial charge in [-0.3, -0.25) is 0 Å². The van der Waals surface area contributed by atoms with Crippen molar-refractivity contribution in [1.82, 2.24) is 0 Å². The SMILES string of the molecule is CSC1=c2ccccc2=C(C)C1. The lowest BCUT2D eigenvalue weighted by atomic mass is 10.2. The standard InChI is InChI=1S/C11H12S/c1-8-7-11(12-2)10-6-4-3-5-9(8)10/h3-6H,7H2,1-2H3. The van der Waals surface area contributed by atoms with E-state index in [4.69, 9.17) is 0 Å². The van der Waals surface area contributed by atoms with Gasteiger partial charge in [0, 0.05) is 6.42 Å². The van der Waals surface area contributed by atoms with Crippen LogP contribution in [-0.2, 0) is 0 Å². The normalized spacial score (nSPS) is 15.2. The van der Waals surface area contributed by atoms with E-state index >= 15 is 0 Å². The molecule has 0 nitrogen and oxygen atoms in total. The summed E-state index contributed by atoms with van der Waals surface area (Å²) >= 11 is 1.87. The van der Waals surface area contributed by atoms with Crippen molar-refractivity contribution in [3.63, 3.8) is 0 Å². The smallest absolute Gasteiger partial charge is 0.000562 e. The van der Waals surface area contributed by atoms with Crippen LogP contribution in [0.25, 0.3) is 10.5 Å². The van der Waals surface area contributed by atoms with Crippen molar-refractivity contribution in [3.05, 3.63) is 34.7 Å². The lowest BCUT2D eigenvalue weighted by Crippen LogP contribution is -2.22. The van der Waals surface area contributed by atoms with Crippen LogP contribution in [0.1, 0.15) is 13.3 Å². The van der Waals surface area contributed by atoms with E-state index in [1.54, 1.807) is 0 Å². The average molecular weight is 176 g/mol. The van der Waals surface area contributed by atoms with E-state index in [1.807, 2.05) is 11.8 Å². The van der Waals surface area contributed by atoms with Crippen molar-refractivity contribution in [3.8, 4) is 0 Å². The zero-order valence-corrected chi connectivity index (χ0v) is 8.24. The van der Waals surface area contributed by atoms with Gasteiger partial charge in [-0.15, -0.1) is 11.8 Å². The molecule has 0 fully saturated rings. The van der Waals surface area contributed by atoms with Crippen LogP contribution in [0.4, 0.5) is 0 Å². The van der Waals surface area contributed by atoms with E-state index in [0.717, 1.165) is 6.42 Å². The minimum atomic E-state index is 1.15. The Hall–Kier alpha value is -0.690. The van der Waals surface area contributed by atoms with Crippen molar-refractivity contribution in [2.75, 3.05) is 6.26 Å². The highest BCUT2D eigenvalue weighted by Gasteiger charge is 2.07. The van der Waals surface area contributed by atoms with Gasteiger partial charge in [-0.05, 0) is 28.5 Å². The molecule has 1 aromatic carbocycles. The molecule has 1 heteroatoms. The minimum absolute atomic E-state index is 1.15. The molecule has 1 aromatic rings. The van der Waals surface area contributed by atoms with E-state index in [0.29, 0.717) is 0 Å². The highest BCUT2D eigenvalue weighted by atomic mass is 32.2. The summed E-state index contributed by atoms with van der Waals surface area (Å²) in [5.74, 6) is 0. The zero-order chi connectivity index (χ0) is 8.55. The lowest BCUT2D eigenvalue weighted by Gasteiger charge is -1.94. The second kappa shape index (κ2) is 2.98. The van der Waals surface area contributed by atoms with Crippen molar-refractivity contribution in [2.45, 2.75) is 13.3 Å². The van der Waals surface area contributed by atoms with Gasteiger partial charge in [-0.1, -0.05) is 29.8 Å². The molecular formula is C11H12S. The molecule has 0 unspecified atom stereocenters. The highest BCUT2D eigenvalue weighted by Crippen LogP contribution is 2.22. The van der Waals surface area contributed by atoms with Crippen molar-refractivity contribution < 1.29 is 0 Å². The molecule has 0 radical (unpaired) electrons. The van der Waals surface area contributed by atoms with Gasteiger partial charge in [0.25, 0.3) is 0 Å². The number of benzene rings is 1. The molecular weight excluding hydrogens is 164 g/mol. The largest absolute Gasteiger partial charge is 0.133 e. The molecule has 0 heterocycles. The Morgan fingerprint density at radius 1 is 1.17 bits per heavy atom. The summed E-state index contributed by atoms with van der Waals surface area (Å²) in [6.07, 6.45) is 3.31. The summed E-state index contributed by atoms with van der Waals surface area (Å²) in [4.78, 5) is 1.52. The van der Waals surface area contributed by atoms with E-state index in [-0.39, 0.29) is 0 Å². The van der Waals surface area contributed by atoms with E-state index in [9.17, 15) is 0 Å². The molecule has 0 amide bonds. The van der Waals surface area contributed by atoms with Crippen LogP contribution in [0.5, 0.6) is 0 Å². The van der Waals surface area contributed by atoms with Crippen LogP contribution in [0.15, 0.2) is 24.3 Å². The van der Waals surface area contributed by atoms with Gasteiger partial charge in [0.2, 0.25) is 0 Å². The first-order valence-corrected chi connectivity index (χ1v) is 5.37. The molecule has 0 atom stereocenters. The second-order valence-corrected chi connectivity index (χ2v) is 4.03. The maximum atomic E-state index is 2.22. The number of hydrogen-bond donors (Lipinski definition) is 0. The monoisotopic (exact) mass is 176 g/mol. The molecule has 62 valence electrons. The van der Waals surface area contributed by atoms with Crippen LogP contribution in [0.2, 0.25) is 0 Å². The van der Waals surface area contributed by atoms with Gasteiger partial charge >= 0.3 is 0 Å². The summed E-state index contributed by atoms with van der Waals surface area (Å²) in [6, 6.07) is 8.67. The molecule has 0 saturated heterocycles. The molecule has 0 saturated carbocycles. The predicted molar refractivity (Wildman–Crippen MR) is 56.3 cm³/mol. The van der Waals surface area contributed by atoms with E-state index < -0.39 is 0 Å². The maximum absolute atomic E-state index is 2.22. The fourth-order valence-corrected chi connectivity index (χ4v) is 2.47. The van der Waals surface area contributed by atoms with Gasteiger partial charge in [-0.2, -0.15) is 0 Å². The maximum Gasteiger partial charge on any atom is 0.000562 e. The summed E-state index contributed by atoms with van der Waals surface area (Å²) in [6.45, 7) is 2.22. The third-order valence-electron chi connectivity index (χ3n) is 2.36. The predicted octanol–water partition coefficient (Wildman–Crippen LogP) is 1.73.